The predicted octanol–water partition coefficient (Wildman–Crippen LogP) is 5.42. The summed E-state index contributed by atoms with van der Waals surface area (Å²) in [5.74, 6) is -1.91. The number of aryl methyl sites for hydroxylation is 2. The first kappa shape index (κ1) is 35.3. The normalized spacial score (nSPS) is 13.9. The molecule has 0 aliphatic carbocycles. The minimum absolute atomic E-state index is 0.202. The van der Waals surface area contributed by atoms with Crippen molar-refractivity contribution >= 4 is 23.9 Å². The maximum Gasteiger partial charge on any atom is 0.408 e. The fourth-order valence-electron chi connectivity index (χ4n) is 4.54. The van der Waals surface area contributed by atoms with Crippen molar-refractivity contribution < 1.29 is 28.7 Å². The summed E-state index contributed by atoms with van der Waals surface area (Å²) >= 11 is 0. The Morgan fingerprint density at radius 1 is 0.837 bits per heavy atom. The number of carbonyl (C=O) groups is 4. The molecular formula is C34H49N3O6. The zero-order chi connectivity index (χ0) is 32.7. The molecule has 3 unspecified atom stereocenters. The number of amides is 3. The van der Waals surface area contributed by atoms with E-state index in [0.29, 0.717) is 5.56 Å². The lowest BCUT2D eigenvalue weighted by atomic mass is 9.95. The van der Waals surface area contributed by atoms with Gasteiger partial charge in [-0.2, -0.15) is 0 Å². The van der Waals surface area contributed by atoms with Gasteiger partial charge in [0.1, 0.15) is 29.3 Å². The van der Waals surface area contributed by atoms with Crippen molar-refractivity contribution in [1.82, 2.24) is 15.5 Å². The maximum absolute atomic E-state index is 14.2. The fourth-order valence-corrected chi connectivity index (χ4v) is 4.54. The molecule has 3 atom stereocenters. The van der Waals surface area contributed by atoms with Gasteiger partial charge < -0.3 is 25.0 Å². The first-order valence-corrected chi connectivity index (χ1v) is 14.7. The quantitative estimate of drug-likeness (QED) is 0.355. The van der Waals surface area contributed by atoms with Crippen molar-refractivity contribution in [3.63, 3.8) is 0 Å². The second-order valence-corrected chi connectivity index (χ2v) is 13.4. The summed E-state index contributed by atoms with van der Waals surface area (Å²) in [7, 11) is 1.53. The standard InChI is InChI=1S/C34H49N3O6/c1-21(2)27(36-32(41)43-34(8,9)10)30(39)37(11)28(25-19-22(3)17-18-23(25)4)29(38)35-26(31(40)42-33(5,6)7)20-24-15-13-12-14-16-24/h12-19,21,26-28H,20H2,1-11H3,(H,35,38)(H,36,41). The smallest absolute Gasteiger partial charge is 0.408 e. The van der Waals surface area contributed by atoms with Crippen LogP contribution in [0.5, 0.6) is 0 Å². The van der Waals surface area contributed by atoms with E-state index < -0.39 is 53.2 Å². The second-order valence-electron chi connectivity index (χ2n) is 13.4. The number of benzene rings is 2. The Balaban J connectivity index is 2.52. The first-order chi connectivity index (χ1) is 19.8. The lowest BCUT2D eigenvalue weighted by molar-refractivity contribution is -0.159. The van der Waals surface area contributed by atoms with Gasteiger partial charge in [-0.3, -0.25) is 9.59 Å². The Bertz CT molecular complexity index is 1280. The molecule has 3 amide bonds. The van der Waals surface area contributed by atoms with Crippen LogP contribution in [-0.4, -0.2) is 59.1 Å². The van der Waals surface area contributed by atoms with Gasteiger partial charge >= 0.3 is 12.1 Å². The monoisotopic (exact) mass is 595 g/mol. The molecule has 2 aromatic rings. The summed E-state index contributed by atoms with van der Waals surface area (Å²) < 4.78 is 11.1. The molecule has 0 bridgehead atoms. The molecule has 0 aromatic heterocycles. The highest BCUT2D eigenvalue weighted by Crippen LogP contribution is 2.27. The molecule has 43 heavy (non-hydrogen) atoms. The summed E-state index contributed by atoms with van der Waals surface area (Å²) in [6.45, 7) is 17.9. The Hall–Kier alpha value is -3.88. The number of likely N-dealkylation sites (N-methyl/N-ethyl adjacent to an activating group) is 1. The van der Waals surface area contributed by atoms with E-state index in [4.69, 9.17) is 9.47 Å². The van der Waals surface area contributed by atoms with Gasteiger partial charge in [0, 0.05) is 13.5 Å². The molecule has 0 aliphatic heterocycles. The minimum atomic E-state index is -1.10. The molecule has 0 heterocycles. The fraction of sp³-hybridized carbons (Fsp3) is 0.529. The van der Waals surface area contributed by atoms with Crippen LogP contribution >= 0.6 is 0 Å². The molecule has 2 rings (SSSR count). The SMILES string of the molecule is Cc1ccc(C)c(C(C(=O)NC(Cc2ccccc2)C(=O)OC(C)(C)C)N(C)C(=O)C(NC(=O)OC(C)(C)C)C(C)C)c1. The Kier molecular flexibility index (Phi) is 11.9. The predicted molar refractivity (Wildman–Crippen MR) is 167 cm³/mol. The van der Waals surface area contributed by atoms with Gasteiger partial charge in [-0.15, -0.1) is 0 Å². The lowest BCUT2D eigenvalue weighted by Gasteiger charge is -2.34. The van der Waals surface area contributed by atoms with Crippen LogP contribution in [-0.2, 0) is 30.3 Å². The van der Waals surface area contributed by atoms with Crippen molar-refractivity contribution in [2.75, 3.05) is 7.05 Å². The van der Waals surface area contributed by atoms with Gasteiger partial charge in [-0.05, 0) is 78.0 Å². The largest absolute Gasteiger partial charge is 0.458 e. The zero-order valence-corrected chi connectivity index (χ0v) is 27.5. The molecule has 236 valence electrons. The van der Waals surface area contributed by atoms with E-state index >= 15 is 0 Å². The van der Waals surface area contributed by atoms with E-state index in [1.54, 1.807) is 55.4 Å². The number of esters is 1. The van der Waals surface area contributed by atoms with Gasteiger partial charge in [-0.1, -0.05) is 67.9 Å². The number of ether oxygens (including phenoxy) is 2. The lowest BCUT2D eigenvalue weighted by Crippen LogP contribution is -2.55. The van der Waals surface area contributed by atoms with Crippen molar-refractivity contribution in [2.45, 2.75) is 105 Å². The van der Waals surface area contributed by atoms with E-state index in [-0.39, 0.29) is 12.3 Å². The zero-order valence-electron chi connectivity index (χ0n) is 27.5. The average Bonchev–Trinajstić information content (AvgIpc) is 2.87. The first-order valence-electron chi connectivity index (χ1n) is 14.7. The van der Waals surface area contributed by atoms with Crippen LogP contribution in [0.2, 0.25) is 0 Å². The molecule has 0 saturated carbocycles. The van der Waals surface area contributed by atoms with Gasteiger partial charge in [0.25, 0.3) is 0 Å². The van der Waals surface area contributed by atoms with Crippen molar-refractivity contribution in [3.8, 4) is 0 Å². The molecule has 2 N–H and O–H groups in total. The third kappa shape index (κ3) is 11.0. The van der Waals surface area contributed by atoms with Gasteiger partial charge in [0.05, 0.1) is 0 Å². The highest BCUT2D eigenvalue weighted by atomic mass is 16.6. The average molecular weight is 596 g/mol. The molecule has 0 spiro atoms. The number of hydrogen-bond acceptors (Lipinski definition) is 6. The Morgan fingerprint density at radius 3 is 1.95 bits per heavy atom. The van der Waals surface area contributed by atoms with Crippen LogP contribution in [0, 0.1) is 19.8 Å². The number of nitrogens with zero attached hydrogens (tertiary/aromatic N) is 1. The molecule has 0 saturated heterocycles. The van der Waals surface area contributed by atoms with E-state index in [1.807, 2.05) is 62.4 Å². The summed E-state index contributed by atoms with van der Waals surface area (Å²) in [4.78, 5) is 55.5. The molecule has 9 nitrogen and oxygen atoms in total. The van der Waals surface area contributed by atoms with E-state index in [2.05, 4.69) is 10.6 Å². The highest BCUT2D eigenvalue weighted by molar-refractivity contribution is 5.94. The molecule has 0 fully saturated rings. The van der Waals surface area contributed by atoms with Crippen LogP contribution in [0.3, 0.4) is 0 Å². The number of hydrogen-bond donors (Lipinski definition) is 2. The number of nitrogens with one attached hydrogen (secondary N) is 2. The summed E-state index contributed by atoms with van der Waals surface area (Å²) in [5.41, 5.74) is 1.62. The number of carbonyl (C=O) groups excluding carboxylic acids is 4. The van der Waals surface area contributed by atoms with Gasteiger partial charge in [0.2, 0.25) is 11.8 Å². The van der Waals surface area contributed by atoms with Crippen LogP contribution in [0.15, 0.2) is 48.5 Å². The maximum atomic E-state index is 14.2. The second kappa shape index (κ2) is 14.5. The van der Waals surface area contributed by atoms with Gasteiger partial charge in [-0.25, -0.2) is 9.59 Å². The number of rotatable bonds is 10. The van der Waals surface area contributed by atoms with Crippen molar-refractivity contribution in [2.24, 2.45) is 5.92 Å². The molecule has 9 heteroatoms. The molecule has 2 aromatic carbocycles. The molecule has 0 radical (unpaired) electrons. The summed E-state index contributed by atoms with van der Waals surface area (Å²) in [6, 6.07) is 11.9. The summed E-state index contributed by atoms with van der Waals surface area (Å²) in [5, 5.41) is 5.57. The Labute approximate surface area is 256 Å². The Morgan fingerprint density at radius 2 is 1.42 bits per heavy atom. The number of alkyl carbamates (subject to hydrolysis) is 1. The van der Waals surface area contributed by atoms with Crippen molar-refractivity contribution in [3.05, 3.63) is 70.8 Å². The molecule has 0 aliphatic rings. The van der Waals surface area contributed by atoms with Crippen molar-refractivity contribution in [1.29, 1.82) is 0 Å². The summed E-state index contributed by atoms with van der Waals surface area (Å²) in [6.07, 6.45) is -0.526. The van der Waals surface area contributed by atoms with Crippen LogP contribution < -0.4 is 10.6 Å². The van der Waals surface area contributed by atoms with Gasteiger partial charge in [0.15, 0.2) is 0 Å². The van der Waals surface area contributed by atoms with Crippen LogP contribution in [0.25, 0.3) is 0 Å². The van der Waals surface area contributed by atoms with Crippen LogP contribution in [0.1, 0.15) is 83.7 Å². The third-order valence-electron chi connectivity index (χ3n) is 6.61. The highest BCUT2D eigenvalue weighted by Gasteiger charge is 2.38. The van der Waals surface area contributed by atoms with E-state index in [0.717, 1.165) is 16.7 Å². The minimum Gasteiger partial charge on any atom is -0.458 e. The third-order valence-corrected chi connectivity index (χ3v) is 6.61. The van der Waals surface area contributed by atoms with E-state index in [9.17, 15) is 19.2 Å². The van der Waals surface area contributed by atoms with Crippen LogP contribution in [0.4, 0.5) is 4.79 Å². The molecular weight excluding hydrogens is 546 g/mol. The topological polar surface area (TPSA) is 114 Å². The van der Waals surface area contributed by atoms with E-state index in [1.165, 1.54) is 11.9 Å².